The number of ether oxygens (including phenoxy) is 1. The van der Waals surface area contributed by atoms with Gasteiger partial charge in [0.15, 0.2) is 5.82 Å². The minimum absolute atomic E-state index is 0.514. The van der Waals surface area contributed by atoms with Crippen molar-refractivity contribution in [1.29, 1.82) is 0 Å². The number of aromatic nitrogens is 5. The van der Waals surface area contributed by atoms with E-state index in [0.717, 1.165) is 55.8 Å². The van der Waals surface area contributed by atoms with Gasteiger partial charge in [0, 0.05) is 17.3 Å². The van der Waals surface area contributed by atoms with E-state index >= 15 is 0 Å². The maximum Gasteiger partial charge on any atom is 0.180 e. The Morgan fingerprint density at radius 3 is 2.40 bits per heavy atom. The predicted molar refractivity (Wildman–Crippen MR) is 125 cm³/mol. The largest absolute Gasteiger partial charge is 0.488 e. The van der Waals surface area contributed by atoms with Gasteiger partial charge in [0.1, 0.15) is 12.4 Å². The van der Waals surface area contributed by atoms with Crippen molar-refractivity contribution in [3.05, 3.63) is 75.1 Å². The molecule has 1 N–H and O–H groups in total. The van der Waals surface area contributed by atoms with E-state index in [4.69, 9.17) is 9.72 Å². The summed E-state index contributed by atoms with van der Waals surface area (Å²) in [5, 5.41) is 14.3. The molecule has 0 spiro atoms. The van der Waals surface area contributed by atoms with Gasteiger partial charge in [-0.3, -0.25) is 4.98 Å². The number of benzene rings is 2. The zero-order valence-electron chi connectivity index (χ0n) is 16.9. The summed E-state index contributed by atoms with van der Waals surface area (Å²) in [5.41, 5.74) is 6.42. The summed E-state index contributed by atoms with van der Waals surface area (Å²) >= 11 is 2.33. The molecule has 0 saturated heterocycles. The molecule has 0 fully saturated rings. The van der Waals surface area contributed by atoms with Crippen LogP contribution in [0.1, 0.15) is 30.8 Å². The summed E-state index contributed by atoms with van der Waals surface area (Å²) in [4.78, 5) is 4.70. The van der Waals surface area contributed by atoms with Crippen molar-refractivity contribution < 1.29 is 4.74 Å². The number of aryl methyl sites for hydroxylation is 2. The fraction of sp³-hybridized carbons (Fsp3) is 0.217. The van der Waals surface area contributed by atoms with Gasteiger partial charge >= 0.3 is 0 Å². The lowest BCUT2D eigenvalue weighted by molar-refractivity contribution is 0.302. The standard InChI is InChI=1S/C23H22IN5O/c1-3-17-13-21(22(24)20(4-2)25-17)30-14-15-9-11-16(12-10-15)18-7-5-6-8-19(18)23-26-28-29-27-23/h5-13H,3-4,14H2,1-2H3,(H,26,27,28,29). The van der Waals surface area contributed by atoms with E-state index in [1.807, 2.05) is 18.2 Å². The van der Waals surface area contributed by atoms with Crippen LogP contribution >= 0.6 is 22.6 Å². The van der Waals surface area contributed by atoms with Crippen molar-refractivity contribution >= 4 is 22.6 Å². The van der Waals surface area contributed by atoms with E-state index in [0.29, 0.717) is 12.4 Å². The molecule has 0 aliphatic rings. The van der Waals surface area contributed by atoms with Gasteiger partial charge < -0.3 is 4.74 Å². The highest BCUT2D eigenvalue weighted by Gasteiger charge is 2.12. The Bertz CT molecular complexity index is 1130. The van der Waals surface area contributed by atoms with E-state index in [2.05, 4.69) is 93.5 Å². The molecule has 0 radical (unpaired) electrons. The molecule has 0 bridgehead atoms. The lowest BCUT2D eigenvalue weighted by Crippen LogP contribution is -2.03. The average Bonchev–Trinajstić information content (AvgIpc) is 3.33. The number of pyridine rings is 1. The predicted octanol–water partition coefficient (Wildman–Crippen LogP) is 5.24. The van der Waals surface area contributed by atoms with Crippen molar-refractivity contribution in [2.75, 3.05) is 0 Å². The maximum atomic E-state index is 6.16. The maximum absolute atomic E-state index is 6.16. The number of tetrazole rings is 1. The first-order chi connectivity index (χ1) is 14.7. The van der Waals surface area contributed by atoms with Crippen LogP contribution in [0.15, 0.2) is 54.6 Å². The third-order valence-electron chi connectivity index (χ3n) is 4.93. The zero-order valence-corrected chi connectivity index (χ0v) is 19.1. The van der Waals surface area contributed by atoms with Crippen LogP contribution in [0.3, 0.4) is 0 Å². The lowest BCUT2D eigenvalue weighted by atomic mass is 9.98. The number of hydrogen-bond acceptors (Lipinski definition) is 5. The van der Waals surface area contributed by atoms with E-state index in [9.17, 15) is 0 Å². The normalized spacial score (nSPS) is 10.9. The first-order valence-corrected chi connectivity index (χ1v) is 11.0. The molecule has 152 valence electrons. The highest BCUT2D eigenvalue weighted by molar-refractivity contribution is 14.1. The molecule has 7 heteroatoms. The minimum Gasteiger partial charge on any atom is -0.488 e. The summed E-state index contributed by atoms with van der Waals surface area (Å²) in [6, 6.07) is 18.5. The molecular formula is C23H22IN5O. The van der Waals surface area contributed by atoms with Crippen LogP contribution in [-0.4, -0.2) is 25.6 Å². The minimum atomic E-state index is 0.514. The molecule has 2 aromatic heterocycles. The van der Waals surface area contributed by atoms with Crippen LogP contribution in [0.5, 0.6) is 5.75 Å². The van der Waals surface area contributed by atoms with Gasteiger partial charge in [-0.15, -0.1) is 5.10 Å². The third kappa shape index (κ3) is 4.35. The second-order valence-electron chi connectivity index (χ2n) is 6.86. The second-order valence-corrected chi connectivity index (χ2v) is 7.94. The number of rotatable bonds is 7. The summed E-state index contributed by atoms with van der Waals surface area (Å²) in [7, 11) is 0. The Balaban J connectivity index is 1.54. The van der Waals surface area contributed by atoms with Gasteiger partial charge in [0.05, 0.1) is 9.26 Å². The Hall–Kier alpha value is -2.81. The van der Waals surface area contributed by atoms with Crippen molar-refractivity contribution in [2.24, 2.45) is 0 Å². The number of H-pyrrole nitrogens is 1. The average molecular weight is 511 g/mol. The molecule has 0 aliphatic carbocycles. The van der Waals surface area contributed by atoms with Crippen LogP contribution < -0.4 is 4.74 Å². The molecule has 0 amide bonds. The quantitative estimate of drug-likeness (QED) is 0.344. The summed E-state index contributed by atoms with van der Waals surface area (Å²) < 4.78 is 7.25. The summed E-state index contributed by atoms with van der Waals surface area (Å²) in [5.74, 6) is 1.57. The number of hydrogen-bond donors (Lipinski definition) is 1. The van der Waals surface area contributed by atoms with E-state index in [1.54, 1.807) is 0 Å². The van der Waals surface area contributed by atoms with Crippen molar-refractivity contribution in [3.8, 4) is 28.3 Å². The van der Waals surface area contributed by atoms with Crippen LogP contribution in [0.25, 0.3) is 22.5 Å². The van der Waals surface area contributed by atoms with Crippen molar-refractivity contribution in [3.63, 3.8) is 0 Å². The Labute approximate surface area is 189 Å². The Morgan fingerprint density at radius 2 is 1.73 bits per heavy atom. The molecule has 0 unspecified atom stereocenters. The first-order valence-electron chi connectivity index (χ1n) is 9.93. The molecule has 30 heavy (non-hydrogen) atoms. The fourth-order valence-corrected chi connectivity index (χ4v) is 4.10. The van der Waals surface area contributed by atoms with Gasteiger partial charge in [0.25, 0.3) is 0 Å². The topological polar surface area (TPSA) is 76.6 Å². The van der Waals surface area contributed by atoms with Gasteiger partial charge in [-0.1, -0.05) is 62.4 Å². The highest BCUT2D eigenvalue weighted by atomic mass is 127. The van der Waals surface area contributed by atoms with Gasteiger partial charge in [0.2, 0.25) is 0 Å². The molecule has 4 rings (SSSR count). The number of halogens is 1. The molecule has 4 aromatic rings. The number of aromatic amines is 1. The third-order valence-corrected chi connectivity index (χ3v) is 6.08. The molecule has 0 atom stereocenters. The van der Waals surface area contributed by atoms with Gasteiger partial charge in [-0.2, -0.15) is 0 Å². The van der Waals surface area contributed by atoms with Crippen LogP contribution in [-0.2, 0) is 19.4 Å². The van der Waals surface area contributed by atoms with E-state index in [-0.39, 0.29) is 0 Å². The molecule has 0 saturated carbocycles. The summed E-state index contributed by atoms with van der Waals surface area (Å²) in [6.45, 7) is 4.75. The van der Waals surface area contributed by atoms with Crippen LogP contribution in [0, 0.1) is 3.57 Å². The first kappa shape index (κ1) is 20.5. The van der Waals surface area contributed by atoms with E-state index < -0.39 is 0 Å². The monoisotopic (exact) mass is 511 g/mol. The lowest BCUT2D eigenvalue weighted by Gasteiger charge is -2.13. The molecule has 2 aromatic carbocycles. The Morgan fingerprint density at radius 1 is 0.967 bits per heavy atom. The van der Waals surface area contributed by atoms with E-state index in [1.165, 1.54) is 0 Å². The van der Waals surface area contributed by atoms with Crippen molar-refractivity contribution in [2.45, 2.75) is 33.3 Å². The fourth-order valence-electron chi connectivity index (χ4n) is 3.29. The van der Waals surface area contributed by atoms with Crippen LogP contribution in [0.4, 0.5) is 0 Å². The number of nitrogens with zero attached hydrogens (tertiary/aromatic N) is 4. The molecule has 6 nitrogen and oxygen atoms in total. The van der Waals surface area contributed by atoms with Crippen LogP contribution in [0.2, 0.25) is 0 Å². The molecular weight excluding hydrogens is 489 g/mol. The number of nitrogens with one attached hydrogen (secondary N) is 1. The smallest absolute Gasteiger partial charge is 0.180 e. The SMILES string of the molecule is CCc1cc(OCc2ccc(-c3ccccc3-c3nnn[nH]3)cc2)c(I)c(CC)n1. The van der Waals surface area contributed by atoms with Crippen molar-refractivity contribution in [1.82, 2.24) is 25.6 Å². The molecule has 0 aliphatic heterocycles. The zero-order chi connectivity index (χ0) is 20.9. The second kappa shape index (κ2) is 9.34. The van der Waals surface area contributed by atoms with Gasteiger partial charge in [-0.25, -0.2) is 5.10 Å². The molecule has 2 heterocycles. The summed E-state index contributed by atoms with van der Waals surface area (Å²) in [6.07, 6.45) is 1.80. The Kier molecular flexibility index (Phi) is 6.37. The van der Waals surface area contributed by atoms with Gasteiger partial charge in [-0.05, 0) is 62.5 Å². The highest BCUT2D eigenvalue weighted by Crippen LogP contribution is 2.30.